The van der Waals surface area contributed by atoms with Gasteiger partial charge in [0.2, 0.25) is 5.91 Å². The molecule has 17 heavy (non-hydrogen) atoms. The van der Waals surface area contributed by atoms with Crippen molar-refractivity contribution >= 4 is 17.7 Å². The summed E-state index contributed by atoms with van der Waals surface area (Å²) < 4.78 is 10.8. The molecule has 0 saturated carbocycles. The highest BCUT2D eigenvalue weighted by Gasteiger charge is 2.34. The molecule has 2 heterocycles. The molecule has 2 aliphatic rings. The van der Waals surface area contributed by atoms with E-state index in [9.17, 15) is 4.79 Å². The van der Waals surface area contributed by atoms with Gasteiger partial charge in [-0.25, -0.2) is 0 Å². The smallest absolute Gasteiger partial charge is 0.230 e. The SMILES string of the molecule is CSCC(=O)N[C@H]1COC[C@@H]1N1CCOCC1. The van der Waals surface area contributed by atoms with Crippen LogP contribution in [0.25, 0.3) is 0 Å². The zero-order valence-electron chi connectivity index (χ0n) is 10.2. The van der Waals surface area contributed by atoms with E-state index in [0.717, 1.165) is 26.3 Å². The number of carbonyl (C=O) groups excluding carboxylic acids is 1. The molecule has 1 N–H and O–H groups in total. The highest BCUT2D eigenvalue weighted by molar-refractivity contribution is 7.99. The van der Waals surface area contributed by atoms with Gasteiger partial charge in [0, 0.05) is 13.1 Å². The monoisotopic (exact) mass is 260 g/mol. The molecule has 0 aliphatic carbocycles. The zero-order chi connectivity index (χ0) is 12.1. The third-order valence-electron chi connectivity index (χ3n) is 3.19. The van der Waals surface area contributed by atoms with Crippen LogP contribution in [0.2, 0.25) is 0 Å². The Morgan fingerprint density at radius 1 is 1.35 bits per heavy atom. The van der Waals surface area contributed by atoms with Crippen LogP contribution in [-0.4, -0.2) is 74.4 Å². The Kier molecular flexibility index (Phi) is 5.09. The fraction of sp³-hybridized carbons (Fsp3) is 0.909. The van der Waals surface area contributed by atoms with Crippen molar-refractivity contribution in [2.75, 3.05) is 51.5 Å². The van der Waals surface area contributed by atoms with Crippen molar-refractivity contribution in [3.05, 3.63) is 0 Å². The number of ether oxygens (including phenoxy) is 2. The minimum atomic E-state index is 0.103. The van der Waals surface area contributed by atoms with Crippen LogP contribution in [0.3, 0.4) is 0 Å². The molecule has 2 rings (SSSR count). The number of amides is 1. The minimum Gasteiger partial charge on any atom is -0.379 e. The van der Waals surface area contributed by atoms with Crippen molar-refractivity contribution in [3.8, 4) is 0 Å². The highest BCUT2D eigenvalue weighted by atomic mass is 32.2. The van der Waals surface area contributed by atoms with Crippen LogP contribution >= 0.6 is 11.8 Å². The number of hydrogen-bond acceptors (Lipinski definition) is 5. The van der Waals surface area contributed by atoms with Gasteiger partial charge in [-0.2, -0.15) is 11.8 Å². The normalized spacial score (nSPS) is 30.4. The molecule has 2 fully saturated rings. The molecule has 98 valence electrons. The first kappa shape index (κ1) is 13.1. The third-order valence-corrected chi connectivity index (χ3v) is 3.74. The van der Waals surface area contributed by atoms with Crippen molar-refractivity contribution in [2.45, 2.75) is 12.1 Å². The van der Waals surface area contributed by atoms with Gasteiger partial charge >= 0.3 is 0 Å². The van der Waals surface area contributed by atoms with E-state index >= 15 is 0 Å². The number of morpholine rings is 1. The Bertz CT molecular complexity index is 259. The first-order chi connectivity index (χ1) is 8.31. The van der Waals surface area contributed by atoms with Gasteiger partial charge in [0.1, 0.15) is 0 Å². The van der Waals surface area contributed by atoms with Crippen LogP contribution in [0.4, 0.5) is 0 Å². The quantitative estimate of drug-likeness (QED) is 0.743. The average molecular weight is 260 g/mol. The summed E-state index contributed by atoms with van der Waals surface area (Å²) in [6, 6.07) is 0.442. The lowest BCUT2D eigenvalue weighted by atomic mass is 10.1. The summed E-state index contributed by atoms with van der Waals surface area (Å²) in [4.78, 5) is 14.0. The van der Waals surface area contributed by atoms with Crippen molar-refractivity contribution in [1.29, 1.82) is 0 Å². The molecular formula is C11H20N2O3S. The number of rotatable bonds is 4. The maximum absolute atomic E-state index is 11.6. The van der Waals surface area contributed by atoms with Crippen LogP contribution in [0.1, 0.15) is 0 Å². The lowest BCUT2D eigenvalue weighted by Crippen LogP contribution is -2.54. The van der Waals surface area contributed by atoms with E-state index in [1.54, 1.807) is 11.8 Å². The first-order valence-electron chi connectivity index (χ1n) is 5.99. The fourth-order valence-electron chi connectivity index (χ4n) is 2.33. The largest absolute Gasteiger partial charge is 0.379 e. The molecule has 2 atom stereocenters. The highest BCUT2D eigenvalue weighted by Crippen LogP contribution is 2.15. The van der Waals surface area contributed by atoms with Crippen LogP contribution in [-0.2, 0) is 14.3 Å². The van der Waals surface area contributed by atoms with Gasteiger partial charge in [-0.3, -0.25) is 9.69 Å². The van der Waals surface area contributed by atoms with Crippen molar-refractivity contribution in [1.82, 2.24) is 10.2 Å². The Labute approximate surface area is 106 Å². The molecule has 0 bridgehead atoms. The summed E-state index contributed by atoms with van der Waals surface area (Å²) in [6.45, 7) is 4.77. The second-order valence-electron chi connectivity index (χ2n) is 4.36. The van der Waals surface area contributed by atoms with Gasteiger partial charge in [-0.15, -0.1) is 0 Å². The van der Waals surface area contributed by atoms with Crippen molar-refractivity contribution in [3.63, 3.8) is 0 Å². The van der Waals surface area contributed by atoms with E-state index < -0.39 is 0 Å². The van der Waals surface area contributed by atoms with Gasteiger partial charge < -0.3 is 14.8 Å². The van der Waals surface area contributed by atoms with E-state index in [1.807, 2.05) is 6.26 Å². The Morgan fingerprint density at radius 2 is 2.12 bits per heavy atom. The second-order valence-corrected chi connectivity index (χ2v) is 5.23. The van der Waals surface area contributed by atoms with E-state index in [1.165, 1.54) is 0 Å². The molecule has 0 unspecified atom stereocenters. The number of nitrogens with zero attached hydrogens (tertiary/aromatic N) is 1. The second kappa shape index (κ2) is 6.58. The maximum Gasteiger partial charge on any atom is 0.230 e. The zero-order valence-corrected chi connectivity index (χ0v) is 11.0. The average Bonchev–Trinajstić information content (AvgIpc) is 2.78. The van der Waals surface area contributed by atoms with Gasteiger partial charge in [0.25, 0.3) is 0 Å². The van der Waals surface area contributed by atoms with Crippen LogP contribution in [0, 0.1) is 0 Å². The number of hydrogen-bond donors (Lipinski definition) is 1. The van der Waals surface area contributed by atoms with Crippen LogP contribution < -0.4 is 5.32 Å². The van der Waals surface area contributed by atoms with E-state index in [2.05, 4.69) is 10.2 Å². The van der Waals surface area contributed by atoms with E-state index in [4.69, 9.17) is 9.47 Å². The maximum atomic E-state index is 11.6. The van der Waals surface area contributed by atoms with Crippen LogP contribution in [0.15, 0.2) is 0 Å². The summed E-state index contributed by atoms with van der Waals surface area (Å²) in [5, 5.41) is 3.06. The Balaban J connectivity index is 1.85. The fourth-order valence-corrected chi connectivity index (χ4v) is 2.67. The van der Waals surface area contributed by atoms with E-state index in [0.29, 0.717) is 25.0 Å². The predicted octanol–water partition coefficient (Wildman–Crippen LogP) is -0.435. The predicted molar refractivity (Wildman–Crippen MR) is 67.3 cm³/mol. The van der Waals surface area contributed by atoms with Gasteiger partial charge in [-0.1, -0.05) is 0 Å². The molecule has 1 amide bonds. The minimum absolute atomic E-state index is 0.103. The summed E-state index contributed by atoms with van der Waals surface area (Å²) in [6.07, 6.45) is 1.93. The molecule has 5 nitrogen and oxygen atoms in total. The molecule has 0 aromatic carbocycles. The van der Waals surface area contributed by atoms with Crippen molar-refractivity contribution < 1.29 is 14.3 Å². The molecule has 0 aromatic rings. The molecule has 0 spiro atoms. The molecule has 2 saturated heterocycles. The molecular weight excluding hydrogens is 240 g/mol. The van der Waals surface area contributed by atoms with Crippen LogP contribution in [0.5, 0.6) is 0 Å². The standard InChI is InChI=1S/C11H20N2O3S/c1-17-8-11(14)12-9-6-16-7-10(9)13-2-4-15-5-3-13/h9-10H,2-8H2,1H3,(H,12,14)/t9-,10-/m0/s1. The van der Waals surface area contributed by atoms with Gasteiger partial charge in [-0.05, 0) is 6.26 Å². The summed E-state index contributed by atoms with van der Waals surface area (Å²) >= 11 is 1.54. The lowest BCUT2D eigenvalue weighted by Gasteiger charge is -2.34. The molecule has 0 radical (unpaired) electrons. The molecule has 2 aliphatic heterocycles. The Hall–Kier alpha value is -0.300. The van der Waals surface area contributed by atoms with Gasteiger partial charge in [0.15, 0.2) is 0 Å². The lowest BCUT2D eigenvalue weighted by molar-refractivity contribution is -0.119. The molecule has 6 heteroatoms. The first-order valence-corrected chi connectivity index (χ1v) is 7.38. The third kappa shape index (κ3) is 3.58. The Morgan fingerprint density at radius 3 is 2.82 bits per heavy atom. The van der Waals surface area contributed by atoms with Crippen molar-refractivity contribution in [2.24, 2.45) is 0 Å². The summed E-state index contributed by atoms with van der Waals surface area (Å²) in [5.41, 5.74) is 0. The topological polar surface area (TPSA) is 50.8 Å². The summed E-state index contributed by atoms with van der Waals surface area (Å²) in [7, 11) is 0. The number of carbonyl (C=O) groups is 1. The summed E-state index contributed by atoms with van der Waals surface area (Å²) in [5.74, 6) is 0.623. The number of nitrogens with one attached hydrogen (secondary N) is 1. The number of thioether (sulfide) groups is 1. The van der Waals surface area contributed by atoms with Gasteiger partial charge in [0.05, 0.1) is 44.3 Å². The molecule has 0 aromatic heterocycles. The van der Waals surface area contributed by atoms with E-state index in [-0.39, 0.29) is 11.9 Å².